The summed E-state index contributed by atoms with van der Waals surface area (Å²) < 4.78 is 37.6. The molecule has 27 heavy (non-hydrogen) atoms. The Kier molecular flexibility index (Phi) is 6.84. The van der Waals surface area contributed by atoms with Crippen molar-refractivity contribution >= 4 is 0 Å². The number of pyridine rings is 1. The van der Waals surface area contributed by atoms with E-state index in [-0.39, 0.29) is 0 Å². The number of aromatic nitrogens is 1. The molecule has 0 atom stereocenters. The molecular formula is C23H30F3N. The van der Waals surface area contributed by atoms with Crippen LogP contribution in [0.3, 0.4) is 0 Å². The van der Waals surface area contributed by atoms with Crippen LogP contribution >= 0.6 is 0 Å². The maximum absolute atomic E-state index is 12.5. The van der Waals surface area contributed by atoms with E-state index in [2.05, 4.69) is 23.7 Å². The zero-order valence-electron chi connectivity index (χ0n) is 16.2. The molecule has 4 heteroatoms. The van der Waals surface area contributed by atoms with Gasteiger partial charge >= 0.3 is 6.18 Å². The second-order valence-electron chi connectivity index (χ2n) is 8.38. The molecule has 2 aliphatic rings. The molecular weight excluding hydrogens is 347 g/mol. The molecule has 0 N–H and O–H groups in total. The van der Waals surface area contributed by atoms with E-state index in [1.54, 1.807) is 0 Å². The van der Waals surface area contributed by atoms with Gasteiger partial charge in [-0.15, -0.1) is 0 Å². The van der Waals surface area contributed by atoms with Crippen molar-refractivity contribution in [1.82, 2.24) is 4.98 Å². The number of hydrogen-bond donors (Lipinski definition) is 0. The number of rotatable bonds is 3. The summed E-state index contributed by atoms with van der Waals surface area (Å²) in [5.41, 5.74) is -0.290. The van der Waals surface area contributed by atoms with Crippen molar-refractivity contribution in [1.29, 1.82) is 0 Å². The second-order valence-corrected chi connectivity index (χ2v) is 8.38. The summed E-state index contributed by atoms with van der Waals surface area (Å²) in [6.45, 7) is 2.29. The van der Waals surface area contributed by atoms with Crippen molar-refractivity contribution in [2.75, 3.05) is 0 Å². The Morgan fingerprint density at radius 1 is 0.963 bits per heavy atom. The minimum absolute atomic E-state index is 0.375. The van der Waals surface area contributed by atoms with Gasteiger partial charge in [0.1, 0.15) is 5.69 Å². The van der Waals surface area contributed by atoms with Gasteiger partial charge in [-0.3, -0.25) is 4.98 Å². The smallest absolute Gasteiger partial charge is 0.250 e. The minimum atomic E-state index is -4.39. The first-order chi connectivity index (χ1) is 13.0. The lowest BCUT2D eigenvalue weighted by molar-refractivity contribution is -0.141. The monoisotopic (exact) mass is 377 g/mol. The van der Waals surface area contributed by atoms with Gasteiger partial charge in [0, 0.05) is 17.7 Å². The standard InChI is InChI=1S/C23H30F3N/c1-2-3-17-6-11-20(12-7-17)21-13-8-18(9-14-21)4-5-19-10-15-22(27-16-19)23(24,25)26/h10,15-18,20-21H,2-3,6-9,11-14H2,1H3. The lowest BCUT2D eigenvalue weighted by Crippen LogP contribution is -2.25. The van der Waals surface area contributed by atoms with Crippen molar-refractivity contribution in [3.63, 3.8) is 0 Å². The molecule has 1 aromatic heterocycles. The fraction of sp³-hybridized carbons (Fsp3) is 0.696. The summed E-state index contributed by atoms with van der Waals surface area (Å²) in [6, 6.07) is 2.43. The average Bonchev–Trinajstić information content (AvgIpc) is 2.67. The molecule has 2 aliphatic carbocycles. The molecule has 1 nitrogen and oxygen atoms in total. The molecule has 2 fully saturated rings. The van der Waals surface area contributed by atoms with E-state index in [4.69, 9.17) is 0 Å². The van der Waals surface area contributed by atoms with Crippen LogP contribution in [-0.2, 0) is 6.18 Å². The SMILES string of the molecule is CCCC1CCC(C2CCC(C#Cc3ccc(C(F)(F)F)nc3)CC2)CC1. The van der Waals surface area contributed by atoms with Crippen molar-refractivity contribution in [2.45, 2.75) is 77.3 Å². The molecule has 0 saturated heterocycles. The summed E-state index contributed by atoms with van der Waals surface area (Å²) in [5, 5.41) is 0. The van der Waals surface area contributed by atoms with Crippen LogP contribution in [0.25, 0.3) is 0 Å². The van der Waals surface area contributed by atoms with Crippen molar-refractivity contribution in [3.8, 4) is 11.8 Å². The highest BCUT2D eigenvalue weighted by Gasteiger charge is 2.32. The maximum Gasteiger partial charge on any atom is 0.433 e. The normalized spacial score (nSPS) is 29.0. The summed E-state index contributed by atoms with van der Waals surface area (Å²) >= 11 is 0. The summed E-state index contributed by atoms with van der Waals surface area (Å²) in [4.78, 5) is 3.48. The zero-order chi connectivity index (χ0) is 19.3. The van der Waals surface area contributed by atoms with E-state index in [1.807, 2.05) is 0 Å². The van der Waals surface area contributed by atoms with Gasteiger partial charge in [-0.1, -0.05) is 44.4 Å². The number of nitrogens with zero attached hydrogens (tertiary/aromatic N) is 1. The molecule has 0 aliphatic heterocycles. The summed E-state index contributed by atoms with van der Waals surface area (Å²) in [7, 11) is 0. The molecule has 2 saturated carbocycles. The van der Waals surface area contributed by atoms with Gasteiger partial charge in [-0.25, -0.2) is 0 Å². The van der Waals surface area contributed by atoms with Gasteiger partial charge in [-0.2, -0.15) is 13.2 Å². The Balaban J connectivity index is 1.46. The van der Waals surface area contributed by atoms with Gasteiger partial charge in [-0.05, 0) is 68.4 Å². The quantitative estimate of drug-likeness (QED) is 0.524. The van der Waals surface area contributed by atoms with Gasteiger partial charge < -0.3 is 0 Å². The lowest BCUT2D eigenvalue weighted by atomic mass is 9.69. The first kappa shape index (κ1) is 20.2. The Morgan fingerprint density at radius 3 is 2.11 bits per heavy atom. The third-order valence-electron chi connectivity index (χ3n) is 6.50. The first-order valence-electron chi connectivity index (χ1n) is 10.5. The van der Waals surface area contributed by atoms with Gasteiger partial charge in [0.15, 0.2) is 0 Å². The van der Waals surface area contributed by atoms with Crippen LogP contribution in [-0.4, -0.2) is 4.98 Å². The lowest BCUT2D eigenvalue weighted by Gasteiger charge is -2.37. The second kappa shape index (κ2) is 9.13. The fourth-order valence-corrected chi connectivity index (χ4v) is 4.91. The highest BCUT2D eigenvalue weighted by atomic mass is 19.4. The van der Waals surface area contributed by atoms with E-state index >= 15 is 0 Å². The maximum atomic E-state index is 12.5. The molecule has 0 bridgehead atoms. The molecule has 0 amide bonds. The van der Waals surface area contributed by atoms with Crippen molar-refractivity contribution < 1.29 is 13.2 Å². The fourth-order valence-electron chi connectivity index (χ4n) is 4.91. The van der Waals surface area contributed by atoms with Crippen molar-refractivity contribution in [2.24, 2.45) is 23.7 Å². The highest BCUT2D eigenvalue weighted by molar-refractivity contribution is 5.33. The molecule has 3 rings (SSSR count). The van der Waals surface area contributed by atoms with E-state index < -0.39 is 11.9 Å². The van der Waals surface area contributed by atoms with Crippen LogP contribution in [0.4, 0.5) is 13.2 Å². The summed E-state index contributed by atoms with van der Waals surface area (Å²) in [5.74, 6) is 9.41. The largest absolute Gasteiger partial charge is 0.433 e. The van der Waals surface area contributed by atoms with Crippen LogP contribution in [0.1, 0.15) is 82.4 Å². The van der Waals surface area contributed by atoms with Crippen LogP contribution in [0.5, 0.6) is 0 Å². The molecule has 1 heterocycles. The highest BCUT2D eigenvalue weighted by Crippen LogP contribution is 2.42. The Morgan fingerprint density at radius 2 is 1.59 bits per heavy atom. The molecule has 0 unspecified atom stereocenters. The molecule has 1 aromatic rings. The topological polar surface area (TPSA) is 12.9 Å². The van der Waals surface area contributed by atoms with Gasteiger partial charge in [0.2, 0.25) is 0 Å². The van der Waals surface area contributed by atoms with E-state index in [0.29, 0.717) is 11.5 Å². The molecule has 0 radical (unpaired) electrons. The third kappa shape index (κ3) is 5.74. The molecule has 0 aromatic carbocycles. The number of alkyl halides is 3. The van der Waals surface area contributed by atoms with Crippen LogP contribution in [0.2, 0.25) is 0 Å². The average molecular weight is 377 g/mol. The minimum Gasteiger partial charge on any atom is -0.250 e. The van der Waals surface area contributed by atoms with E-state index in [1.165, 1.54) is 63.6 Å². The van der Waals surface area contributed by atoms with Crippen LogP contribution in [0.15, 0.2) is 18.3 Å². The first-order valence-corrected chi connectivity index (χ1v) is 10.5. The van der Waals surface area contributed by atoms with Gasteiger partial charge in [0.25, 0.3) is 0 Å². The van der Waals surface area contributed by atoms with E-state index in [9.17, 15) is 13.2 Å². The third-order valence-corrected chi connectivity index (χ3v) is 6.50. The number of halogens is 3. The predicted molar refractivity (Wildman–Crippen MR) is 102 cm³/mol. The van der Waals surface area contributed by atoms with Crippen molar-refractivity contribution in [3.05, 3.63) is 29.6 Å². The number of hydrogen-bond acceptors (Lipinski definition) is 1. The molecule has 0 spiro atoms. The Hall–Kier alpha value is -1.50. The van der Waals surface area contributed by atoms with Crippen LogP contribution in [0, 0.1) is 35.5 Å². The zero-order valence-corrected chi connectivity index (χ0v) is 16.2. The van der Waals surface area contributed by atoms with Gasteiger partial charge in [0.05, 0.1) is 0 Å². The van der Waals surface area contributed by atoms with E-state index in [0.717, 1.165) is 36.7 Å². The predicted octanol–water partition coefficient (Wildman–Crippen LogP) is 6.86. The Labute approximate surface area is 161 Å². The van der Waals surface area contributed by atoms with Crippen LogP contribution < -0.4 is 0 Å². The Bertz CT molecular complexity index is 637. The molecule has 148 valence electrons. The summed E-state index contributed by atoms with van der Waals surface area (Å²) in [6.07, 6.45) is 9.96.